The molecule has 1 amide bonds. The van der Waals surface area contributed by atoms with Crippen LogP contribution in [0.2, 0.25) is 0 Å². The highest BCUT2D eigenvalue weighted by molar-refractivity contribution is 6.15. The summed E-state index contributed by atoms with van der Waals surface area (Å²) in [6.07, 6.45) is 6.99. The highest BCUT2D eigenvalue weighted by Crippen LogP contribution is 2.20. The predicted molar refractivity (Wildman–Crippen MR) is 82.7 cm³/mol. The van der Waals surface area contributed by atoms with Gasteiger partial charge in [0.2, 0.25) is 0 Å². The summed E-state index contributed by atoms with van der Waals surface area (Å²) >= 11 is 0. The first-order chi connectivity index (χ1) is 10.2. The number of carbonyl (C=O) groups is 1. The number of rotatable bonds is 3. The normalized spacial score (nSPS) is 19.4. The molecule has 6 heteroatoms. The Morgan fingerprint density at radius 1 is 1.29 bits per heavy atom. The quantitative estimate of drug-likeness (QED) is 0.815. The molecule has 0 radical (unpaired) electrons. The molecule has 0 spiro atoms. The Balaban J connectivity index is 1.69. The van der Waals surface area contributed by atoms with Gasteiger partial charge in [0.05, 0.1) is 24.0 Å². The van der Waals surface area contributed by atoms with Crippen molar-refractivity contribution < 1.29 is 4.79 Å². The van der Waals surface area contributed by atoms with Gasteiger partial charge in [0.1, 0.15) is 5.82 Å². The number of piperidine rings is 1. The van der Waals surface area contributed by atoms with Crippen LogP contribution in [0, 0.1) is 0 Å². The fraction of sp³-hybridized carbons (Fsp3) is 0.400. The smallest absolute Gasteiger partial charge is 0.254 e. The van der Waals surface area contributed by atoms with Crippen molar-refractivity contribution >= 4 is 23.6 Å². The molecule has 0 aliphatic carbocycles. The summed E-state index contributed by atoms with van der Waals surface area (Å²) in [4.78, 5) is 22.5. The highest BCUT2D eigenvalue weighted by Gasteiger charge is 2.18. The van der Waals surface area contributed by atoms with Gasteiger partial charge in [0.15, 0.2) is 0 Å². The number of nitrogens with two attached hydrogens (primary N) is 1. The van der Waals surface area contributed by atoms with Crippen molar-refractivity contribution in [2.24, 2.45) is 10.7 Å². The standard InChI is InChI=1S/C15H19N5O/c16-13-10-19-15(21)12(13)9-17-11-4-5-14(18-8-11)20-6-2-1-3-7-20/h4-5,8-9H,1-3,6-7,10,16H2,(H,19,21). The molecule has 6 nitrogen and oxygen atoms in total. The van der Waals surface area contributed by atoms with Crippen LogP contribution in [0.1, 0.15) is 19.3 Å². The number of nitrogens with zero attached hydrogens (tertiary/aromatic N) is 3. The number of pyridine rings is 1. The third-order valence-corrected chi connectivity index (χ3v) is 3.79. The van der Waals surface area contributed by atoms with Gasteiger partial charge in [0, 0.05) is 25.0 Å². The van der Waals surface area contributed by atoms with E-state index in [1.54, 1.807) is 6.20 Å². The molecular formula is C15H19N5O. The molecule has 1 saturated heterocycles. The monoisotopic (exact) mass is 285 g/mol. The lowest BCUT2D eigenvalue weighted by Crippen LogP contribution is -2.29. The average Bonchev–Trinajstić information content (AvgIpc) is 2.85. The second kappa shape index (κ2) is 5.95. The summed E-state index contributed by atoms with van der Waals surface area (Å²) in [7, 11) is 0. The first-order valence-corrected chi connectivity index (χ1v) is 7.26. The van der Waals surface area contributed by atoms with Crippen LogP contribution >= 0.6 is 0 Å². The molecule has 1 fully saturated rings. The first kappa shape index (κ1) is 13.6. The predicted octanol–water partition coefficient (Wildman–Crippen LogP) is 1.12. The van der Waals surface area contributed by atoms with E-state index < -0.39 is 0 Å². The molecule has 0 aromatic carbocycles. The van der Waals surface area contributed by atoms with Gasteiger partial charge >= 0.3 is 0 Å². The lowest BCUT2D eigenvalue weighted by Gasteiger charge is -2.27. The van der Waals surface area contributed by atoms with Gasteiger partial charge in [-0.25, -0.2) is 4.98 Å². The zero-order valence-electron chi connectivity index (χ0n) is 11.9. The average molecular weight is 285 g/mol. The Bertz CT molecular complexity index is 585. The number of aromatic nitrogens is 1. The maximum Gasteiger partial charge on any atom is 0.254 e. The van der Waals surface area contributed by atoms with Crippen molar-refractivity contribution in [2.45, 2.75) is 19.3 Å². The first-order valence-electron chi connectivity index (χ1n) is 7.26. The lowest BCUT2D eigenvalue weighted by atomic mass is 10.1. The summed E-state index contributed by atoms with van der Waals surface area (Å²) < 4.78 is 0. The second-order valence-electron chi connectivity index (χ2n) is 5.30. The Morgan fingerprint density at radius 2 is 2.10 bits per heavy atom. The van der Waals surface area contributed by atoms with Gasteiger partial charge in [-0.2, -0.15) is 0 Å². The molecule has 0 saturated carbocycles. The van der Waals surface area contributed by atoms with Crippen LogP contribution in [-0.2, 0) is 4.79 Å². The third-order valence-electron chi connectivity index (χ3n) is 3.79. The van der Waals surface area contributed by atoms with Crippen molar-refractivity contribution in [1.29, 1.82) is 0 Å². The molecular weight excluding hydrogens is 266 g/mol. The zero-order valence-corrected chi connectivity index (χ0v) is 11.9. The molecule has 0 unspecified atom stereocenters. The van der Waals surface area contributed by atoms with E-state index >= 15 is 0 Å². The molecule has 1 aromatic rings. The van der Waals surface area contributed by atoms with E-state index in [0.29, 0.717) is 17.8 Å². The maximum absolute atomic E-state index is 11.5. The van der Waals surface area contributed by atoms with Crippen LogP contribution in [0.25, 0.3) is 0 Å². The SMILES string of the molecule is NC1=C(C=Nc2ccc(N3CCCCC3)nc2)C(=O)NC1. The van der Waals surface area contributed by atoms with Crippen LogP contribution < -0.4 is 16.0 Å². The van der Waals surface area contributed by atoms with Gasteiger partial charge in [0.25, 0.3) is 5.91 Å². The summed E-state index contributed by atoms with van der Waals surface area (Å²) in [5.41, 5.74) is 7.43. The van der Waals surface area contributed by atoms with Crippen molar-refractivity contribution in [3.05, 3.63) is 29.6 Å². The number of hydrogen-bond donors (Lipinski definition) is 2. The van der Waals surface area contributed by atoms with Crippen LogP contribution in [0.3, 0.4) is 0 Å². The second-order valence-corrected chi connectivity index (χ2v) is 5.30. The molecule has 110 valence electrons. The molecule has 3 heterocycles. The minimum atomic E-state index is -0.172. The van der Waals surface area contributed by atoms with Gasteiger partial charge in [-0.1, -0.05) is 0 Å². The number of amides is 1. The largest absolute Gasteiger partial charge is 0.400 e. The molecule has 2 aliphatic heterocycles. The zero-order chi connectivity index (χ0) is 14.7. The van der Waals surface area contributed by atoms with E-state index in [-0.39, 0.29) is 5.91 Å². The fourth-order valence-corrected chi connectivity index (χ4v) is 2.56. The van der Waals surface area contributed by atoms with Crippen molar-refractivity contribution in [3.63, 3.8) is 0 Å². The van der Waals surface area contributed by atoms with Crippen LogP contribution in [0.4, 0.5) is 11.5 Å². The minimum absolute atomic E-state index is 0.172. The van der Waals surface area contributed by atoms with Crippen LogP contribution in [-0.4, -0.2) is 36.7 Å². The minimum Gasteiger partial charge on any atom is -0.400 e. The van der Waals surface area contributed by atoms with Gasteiger partial charge in [-0.05, 0) is 31.4 Å². The van der Waals surface area contributed by atoms with E-state index in [1.807, 2.05) is 12.1 Å². The molecule has 3 N–H and O–H groups in total. The number of aliphatic imine (C=N–C) groups is 1. The molecule has 0 atom stereocenters. The molecule has 2 aliphatic rings. The topological polar surface area (TPSA) is 83.6 Å². The van der Waals surface area contributed by atoms with Crippen molar-refractivity contribution in [2.75, 3.05) is 24.5 Å². The van der Waals surface area contributed by atoms with Crippen molar-refractivity contribution in [3.8, 4) is 0 Å². The Hall–Kier alpha value is -2.37. The molecule has 3 rings (SSSR count). The summed E-state index contributed by atoms with van der Waals surface area (Å²) in [6.45, 7) is 2.53. The number of nitrogens with one attached hydrogen (secondary N) is 1. The van der Waals surface area contributed by atoms with E-state index in [0.717, 1.165) is 24.6 Å². The summed E-state index contributed by atoms with van der Waals surface area (Å²) in [5, 5.41) is 2.66. The summed E-state index contributed by atoms with van der Waals surface area (Å²) in [6, 6.07) is 3.89. The van der Waals surface area contributed by atoms with Crippen LogP contribution in [0.15, 0.2) is 34.6 Å². The molecule has 21 heavy (non-hydrogen) atoms. The molecule has 1 aromatic heterocycles. The number of carbonyl (C=O) groups excluding carboxylic acids is 1. The van der Waals surface area contributed by atoms with E-state index in [2.05, 4.69) is 20.2 Å². The van der Waals surface area contributed by atoms with Crippen molar-refractivity contribution in [1.82, 2.24) is 10.3 Å². The van der Waals surface area contributed by atoms with Crippen LogP contribution in [0.5, 0.6) is 0 Å². The summed E-state index contributed by atoms with van der Waals surface area (Å²) in [5.74, 6) is 0.820. The maximum atomic E-state index is 11.5. The Kier molecular flexibility index (Phi) is 3.85. The Labute approximate surface area is 123 Å². The highest BCUT2D eigenvalue weighted by atomic mass is 16.1. The fourth-order valence-electron chi connectivity index (χ4n) is 2.56. The van der Waals surface area contributed by atoms with E-state index in [9.17, 15) is 4.79 Å². The van der Waals surface area contributed by atoms with Gasteiger partial charge in [-0.3, -0.25) is 9.79 Å². The lowest BCUT2D eigenvalue weighted by molar-refractivity contribution is -0.116. The number of hydrogen-bond acceptors (Lipinski definition) is 5. The van der Waals surface area contributed by atoms with E-state index in [4.69, 9.17) is 5.73 Å². The van der Waals surface area contributed by atoms with Gasteiger partial charge < -0.3 is 16.0 Å². The number of anilines is 1. The molecule has 0 bridgehead atoms. The third kappa shape index (κ3) is 3.04. The van der Waals surface area contributed by atoms with Gasteiger partial charge in [-0.15, -0.1) is 0 Å². The van der Waals surface area contributed by atoms with E-state index in [1.165, 1.54) is 25.5 Å². The Morgan fingerprint density at radius 3 is 2.71 bits per heavy atom.